The number of nitrogen functional groups attached to an aromatic ring is 1. The predicted octanol–water partition coefficient (Wildman–Crippen LogP) is 1.04. The fourth-order valence-electron chi connectivity index (χ4n) is 1.93. The summed E-state index contributed by atoms with van der Waals surface area (Å²) in [6.45, 7) is 2.13. The maximum absolute atomic E-state index is 11.9. The van der Waals surface area contributed by atoms with Crippen LogP contribution in [0.25, 0.3) is 0 Å². The third kappa shape index (κ3) is 3.95. The van der Waals surface area contributed by atoms with Gasteiger partial charge in [0.25, 0.3) is 0 Å². The lowest BCUT2D eigenvalue weighted by Crippen LogP contribution is -2.29. The van der Waals surface area contributed by atoms with Crippen molar-refractivity contribution < 1.29 is 9.53 Å². The molecule has 0 fully saturated rings. The Balaban J connectivity index is 1.78. The van der Waals surface area contributed by atoms with Crippen molar-refractivity contribution >= 4 is 11.6 Å². The number of carbonyl (C=O) groups is 1. The van der Waals surface area contributed by atoms with Gasteiger partial charge in [0.2, 0.25) is 5.91 Å². The van der Waals surface area contributed by atoms with Crippen molar-refractivity contribution in [2.45, 2.75) is 19.4 Å². The number of para-hydroxylation sites is 2. The molecule has 1 heterocycles. The standard InChI is InChI=1S/C14H19N5O2/c1-10(14-18-16-9-19(14)2)17-13(20)7-8-21-12-6-4-3-5-11(12)15/h3-6,9-10H,7-8,15H2,1-2H3,(H,17,20). The van der Waals surface area contributed by atoms with Gasteiger partial charge >= 0.3 is 0 Å². The van der Waals surface area contributed by atoms with Gasteiger partial charge in [-0.15, -0.1) is 10.2 Å². The largest absolute Gasteiger partial charge is 0.491 e. The molecular weight excluding hydrogens is 270 g/mol. The molecule has 7 nitrogen and oxygen atoms in total. The molecular formula is C14H19N5O2. The van der Waals surface area contributed by atoms with E-state index in [2.05, 4.69) is 15.5 Å². The van der Waals surface area contributed by atoms with Crippen LogP contribution in [-0.4, -0.2) is 27.3 Å². The average Bonchev–Trinajstić information content (AvgIpc) is 2.87. The van der Waals surface area contributed by atoms with E-state index in [0.717, 1.165) is 0 Å². The van der Waals surface area contributed by atoms with Crippen LogP contribution in [-0.2, 0) is 11.8 Å². The van der Waals surface area contributed by atoms with Gasteiger partial charge in [-0.1, -0.05) is 12.1 Å². The van der Waals surface area contributed by atoms with Crippen LogP contribution in [0.2, 0.25) is 0 Å². The summed E-state index contributed by atoms with van der Waals surface area (Å²) in [6, 6.07) is 6.99. The Kier molecular flexibility index (Phi) is 4.76. The minimum atomic E-state index is -0.202. The van der Waals surface area contributed by atoms with Crippen molar-refractivity contribution in [2.75, 3.05) is 12.3 Å². The number of carbonyl (C=O) groups excluding carboxylic acids is 1. The molecule has 0 aliphatic carbocycles. The number of rotatable bonds is 6. The molecule has 1 unspecified atom stereocenters. The first-order valence-corrected chi connectivity index (χ1v) is 6.68. The Morgan fingerprint density at radius 3 is 2.90 bits per heavy atom. The molecule has 112 valence electrons. The monoisotopic (exact) mass is 289 g/mol. The molecule has 0 saturated heterocycles. The lowest BCUT2D eigenvalue weighted by atomic mass is 10.3. The van der Waals surface area contributed by atoms with Crippen molar-refractivity contribution in [2.24, 2.45) is 7.05 Å². The van der Waals surface area contributed by atoms with E-state index < -0.39 is 0 Å². The fourth-order valence-corrected chi connectivity index (χ4v) is 1.93. The third-order valence-electron chi connectivity index (χ3n) is 3.02. The maximum Gasteiger partial charge on any atom is 0.224 e. The molecule has 0 spiro atoms. The van der Waals surface area contributed by atoms with Gasteiger partial charge in [-0.2, -0.15) is 0 Å². The Morgan fingerprint density at radius 1 is 1.48 bits per heavy atom. The van der Waals surface area contributed by atoms with E-state index in [1.807, 2.05) is 26.1 Å². The van der Waals surface area contributed by atoms with Gasteiger partial charge in [-0.05, 0) is 19.1 Å². The number of anilines is 1. The molecule has 0 radical (unpaired) electrons. The predicted molar refractivity (Wildman–Crippen MR) is 78.5 cm³/mol. The Morgan fingerprint density at radius 2 is 2.24 bits per heavy atom. The van der Waals surface area contributed by atoms with Gasteiger partial charge < -0.3 is 20.4 Å². The van der Waals surface area contributed by atoms with E-state index in [-0.39, 0.29) is 25.0 Å². The number of aryl methyl sites for hydroxylation is 1. The first-order chi connectivity index (χ1) is 10.1. The van der Waals surface area contributed by atoms with E-state index >= 15 is 0 Å². The molecule has 2 aromatic rings. The summed E-state index contributed by atoms with van der Waals surface area (Å²) < 4.78 is 7.25. The van der Waals surface area contributed by atoms with Gasteiger partial charge in [0.05, 0.1) is 24.8 Å². The number of ether oxygens (including phenoxy) is 1. The first kappa shape index (κ1) is 14.8. The van der Waals surface area contributed by atoms with Gasteiger partial charge in [-0.25, -0.2) is 0 Å². The summed E-state index contributed by atoms with van der Waals surface area (Å²) in [5, 5.41) is 10.6. The highest BCUT2D eigenvalue weighted by atomic mass is 16.5. The second kappa shape index (κ2) is 6.74. The Bertz CT molecular complexity index is 611. The van der Waals surface area contributed by atoms with Crippen LogP contribution in [0.15, 0.2) is 30.6 Å². The Hall–Kier alpha value is -2.57. The van der Waals surface area contributed by atoms with Crippen LogP contribution in [0.5, 0.6) is 5.75 Å². The van der Waals surface area contributed by atoms with Gasteiger partial charge in [0.15, 0.2) is 5.82 Å². The molecule has 0 saturated carbocycles. The minimum Gasteiger partial charge on any atom is -0.491 e. The lowest BCUT2D eigenvalue weighted by molar-refractivity contribution is -0.122. The fraction of sp³-hybridized carbons (Fsp3) is 0.357. The summed E-state index contributed by atoms with van der Waals surface area (Å²) in [5.74, 6) is 1.18. The van der Waals surface area contributed by atoms with Crippen LogP contribution in [0, 0.1) is 0 Å². The molecule has 2 rings (SSSR count). The highest BCUT2D eigenvalue weighted by Gasteiger charge is 2.14. The number of hydrogen-bond acceptors (Lipinski definition) is 5. The summed E-state index contributed by atoms with van der Waals surface area (Å²) in [5.41, 5.74) is 6.32. The zero-order valence-corrected chi connectivity index (χ0v) is 12.1. The molecule has 1 aromatic heterocycles. The Labute approximate surface area is 123 Å². The van der Waals surface area contributed by atoms with Crippen LogP contribution < -0.4 is 15.8 Å². The topological polar surface area (TPSA) is 95.1 Å². The van der Waals surface area contributed by atoms with Crippen LogP contribution in [0.1, 0.15) is 25.2 Å². The number of benzene rings is 1. The van der Waals surface area contributed by atoms with E-state index in [0.29, 0.717) is 17.3 Å². The van der Waals surface area contributed by atoms with E-state index in [9.17, 15) is 4.79 Å². The molecule has 0 aliphatic rings. The molecule has 1 atom stereocenters. The number of nitrogens with one attached hydrogen (secondary N) is 1. The number of hydrogen-bond donors (Lipinski definition) is 2. The smallest absolute Gasteiger partial charge is 0.224 e. The van der Waals surface area contributed by atoms with Crippen molar-refractivity contribution in [3.05, 3.63) is 36.4 Å². The zero-order chi connectivity index (χ0) is 15.2. The number of nitrogens with zero attached hydrogens (tertiary/aromatic N) is 3. The molecule has 0 aliphatic heterocycles. The molecule has 0 bridgehead atoms. The van der Waals surface area contributed by atoms with Crippen molar-refractivity contribution in [1.29, 1.82) is 0 Å². The number of amides is 1. The summed E-state index contributed by atoms with van der Waals surface area (Å²) in [6.07, 6.45) is 1.84. The van der Waals surface area contributed by atoms with E-state index in [4.69, 9.17) is 10.5 Å². The van der Waals surface area contributed by atoms with Crippen molar-refractivity contribution in [3.63, 3.8) is 0 Å². The van der Waals surface area contributed by atoms with E-state index in [1.54, 1.807) is 23.0 Å². The summed E-state index contributed by atoms with van der Waals surface area (Å²) in [4.78, 5) is 11.9. The minimum absolute atomic E-state index is 0.111. The van der Waals surface area contributed by atoms with Crippen molar-refractivity contribution in [1.82, 2.24) is 20.1 Å². The van der Waals surface area contributed by atoms with Crippen molar-refractivity contribution in [3.8, 4) is 5.75 Å². The number of nitrogens with two attached hydrogens (primary N) is 1. The van der Waals surface area contributed by atoms with Crippen LogP contribution in [0.4, 0.5) is 5.69 Å². The highest BCUT2D eigenvalue weighted by molar-refractivity contribution is 5.76. The highest BCUT2D eigenvalue weighted by Crippen LogP contribution is 2.19. The molecule has 7 heteroatoms. The zero-order valence-electron chi connectivity index (χ0n) is 12.1. The number of aromatic nitrogens is 3. The average molecular weight is 289 g/mol. The van der Waals surface area contributed by atoms with Gasteiger partial charge in [-0.3, -0.25) is 4.79 Å². The van der Waals surface area contributed by atoms with E-state index in [1.165, 1.54) is 0 Å². The second-order valence-corrected chi connectivity index (χ2v) is 4.73. The SMILES string of the molecule is CC(NC(=O)CCOc1ccccc1N)c1nncn1C. The lowest BCUT2D eigenvalue weighted by Gasteiger charge is -2.13. The summed E-state index contributed by atoms with van der Waals surface area (Å²) in [7, 11) is 1.83. The second-order valence-electron chi connectivity index (χ2n) is 4.73. The first-order valence-electron chi connectivity index (χ1n) is 6.68. The maximum atomic E-state index is 11.9. The summed E-state index contributed by atoms with van der Waals surface area (Å²) >= 11 is 0. The van der Waals surface area contributed by atoms with Gasteiger partial charge in [0.1, 0.15) is 12.1 Å². The molecule has 1 aromatic carbocycles. The normalized spacial score (nSPS) is 11.9. The third-order valence-corrected chi connectivity index (χ3v) is 3.02. The molecule has 3 N–H and O–H groups in total. The molecule has 21 heavy (non-hydrogen) atoms. The molecule has 1 amide bonds. The van der Waals surface area contributed by atoms with Gasteiger partial charge in [0, 0.05) is 7.05 Å². The van der Waals surface area contributed by atoms with Crippen LogP contribution >= 0.6 is 0 Å². The quantitative estimate of drug-likeness (QED) is 0.775. The van der Waals surface area contributed by atoms with Crippen LogP contribution in [0.3, 0.4) is 0 Å².